The molecule has 7 aromatic rings. The van der Waals surface area contributed by atoms with Gasteiger partial charge in [0, 0.05) is 0 Å². The summed E-state index contributed by atoms with van der Waals surface area (Å²) < 4.78 is 1.59. The van der Waals surface area contributed by atoms with Crippen LogP contribution in [0, 0.1) is 6.07 Å². The molecule has 1 aliphatic carbocycles. The van der Waals surface area contributed by atoms with Gasteiger partial charge in [-0.05, 0) is 17.4 Å². The maximum Gasteiger partial charge on any atom is -0.172 e. The minimum Gasteiger partial charge on any atom is -0.214 e. The second-order valence-electron chi connectivity index (χ2n) is 15.5. The Labute approximate surface area is 339 Å². The Morgan fingerprint density at radius 3 is 1.60 bits per heavy atom. The van der Waals surface area contributed by atoms with Gasteiger partial charge in [0.1, 0.15) is 0 Å². The van der Waals surface area contributed by atoms with Crippen molar-refractivity contribution in [3.8, 4) is 11.1 Å². The molecule has 264 valence electrons. The van der Waals surface area contributed by atoms with Crippen LogP contribution >= 0.6 is 0 Å². The summed E-state index contributed by atoms with van der Waals surface area (Å²) >= 11 is 1.53. The standard InChI is InChI=1S/C23H18.C21H25.C5H5.2ClH.Zr/c1-3-16-22-18(8-1)10-5-12-20(22)14-7-15-21-13-6-11-19-9-2-4-17-23(19)21;1-20(2,3)16-9-7-14-11-15-8-10-17(21(4,5)6)13-19(15)18(14)12-16;1-2-4-5-3-1;;;/h1-6,8-13,16-17H,14-15H2;7,9-10,12-13H,11H2,1-6H3;1-5H;2*1H;/q;2*-1;;;+2/p-2. The molecule has 3 heteroatoms. The molecule has 0 unspecified atom stereocenters. The van der Waals surface area contributed by atoms with Gasteiger partial charge < -0.3 is 24.8 Å². The molecule has 0 aliphatic heterocycles. The van der Waals surface area contributed by atoms with Gasteiger partial charge in [0.05, 0.1) is 0 Å². The smallest absolute Gasteiger partial charge is 0.172 e. The fourth-order valence-corrected chi connectivity index (χ4v) is 7.66. The summed E-state index contributed by atoms with van der Waals surface area (Å²) in [5.74, 6) is 0. The molecule has 0 saturated carbocycles. The van der Waals surface area contributed by atoms with Crippen molar-refractivity contribution in [1.82, 2.24) is 0 Å². The fourth-order valence-electron chi connectivity index (χ4n) is 6.72. The van der Waals surface area contributed by atoms with Crippen LogP contribution in [-0.4, -0.2) is 3.21 Å². The van der Waals surface area contributed by atoms with Crippen LogP contribution < -0.4 is 24.8 Å². The maximum atomic E-state index is 3.53. The predicted molar refractivity (Wildman–Crippen MR) is 213 cm³/mol. The molecule has 8 rings (SSSR count). The first-order valence-corrected chi connectivity index (χ1v) is 19.1. The SMILES string of the molecule is CC(C)(C)c1c[c-]c2c(c1)-c1cc(C(C)(C)C)ccc1C2.[Cl-].[Cl-].[Zr+2]=[C](Cc1cccc2ccccc12)Cc1cccc2ccccc12.c1cc[cH-]c1. The number of fused-ring (bicyclic) bond motifs is 5. The third-order valence-electron chi connectivity index (χ3n) is 9.65. The summed E-state index contributed by atoms with van der Waals surface area (Å²) in [5, 5.41) is 5.45. The molecule has 0 fully saturated rings. The van der Waals surface area contributed by atoms with E-state index in [1.165, 1.54) is 90.3 Å². The summed E-state index contributed by atoms with van der Waals surface area (Å²) in [5.41, 5.74) is 11.7. The molecule has 0 atom stereocenters. The second-order valence-corrected chi connectivity index (χ2v) is 17.3. The number of rotatable bonds is 4. The van der Waals surface area contributed by atoms with Crippen molar-refractivity contribution in [3.63, 3.8) is 0 Å². The minimum absolute atomic E-state index is 0. The third-order valence-corrected chi connectivity index (χ3v) is 10.5. The van der Waals surface area contributed by atoms with Crippen molar-refractivity contribution in [1.29, 1.82) is 0 Å². The molecule has 0 amide bonds. The maximum absolute atomic E-state index is 3.53. The van der Waals surface area contributed by atoms with Crippen LogP contribution in [0.15, 0.2) is 146 Å². The summed E-state index contributed by atoms with van der Waals surface area (Å²) in [6, 6.07) is 55.8. The topological polar surface area (TPSA) is 0 Å². The molecule has 0 aromatic heterocycles. The van der Waals surface area contributed by atoms with E-state index in [0.29, 0.717) is 0 Å². The molecule has 0 nitrogen and oxygen atoms in total. The first kappa shape index (κ1) is 41.3. The van der Waals surface area contributed by atoms with Crippen LogP contribution in [0.3, 0.4) is 0 Å². The summed E-state index contributed by atoms with van der Waals surface area (Å²) in [7, 11) is 0. The van der Waals surface area contributed by atoms with Crippen molar-refractivity contribution in [2.45, 2.75) is 71.6 Å². The molecule has 7 aromatic carbocycles. The van der Waals surface area contributed by atoms with Crippen LogP contribution in [0.4, 0.5) is 0 Å². The van der Waals surface area contributed by atoms with Gasteiger partial charge >= 0.3 is 158 Å². The third kappa shape index (κ3) is 10.1. The van der Waals surface area contributed by atoms with E-state index in [1.54, 1.807) is 3.21 Å². The van der Waals surface area contributed by atoms with E-state index in [1.807, 2.05) is 30.3 Å². The largest absolute Gasteiger partial charge is 0.214 e. The van der Waals surface area contributed by atoms with Crippen LogP contribution in [0.25, 0.3) is 32.7 Å². The minimum atomic E-state index is 0. The predicted octanol–water partition coefficient (Wildman–Crippen LogP) is 6.56. The molecule has 0 heterocycles. The molecule has 0 radical (unpaired) electrons. The average molecular weight is 799 g/mol. The summed E-state index contributed by atoms with van der Waals surface area (Å²) in [6.45, 7) is 13.6. The normalized spacial score (nSPS) is 11.5. The van der Waals surface area contributed by atoms with E-state index in [0.717, 1.165) is 19.3 Å². The number of hydrogen-bond acceptors (Lipinski definition) is 0. The van der Waals surface area contributed by atoms with Crippen LogP contribution in [-0.2, 0) is 54.3 Å². The zero-order valence-corrected chi connectivity index (χ0v) is 35.2. The molecule has 0 spiro atoms. The Balaban J connectivity index is 0.000000199. The van der Waals surface area contributed by atoms with E-state index in [4.69, 9.17) is 0 Å². The Morgan fingerprint density at radius 2 is 1.10 bits per heavy atom. The van der Waals surface area contributed by atoms with Crippen molar-refractivity contribution >= 4 is 24.8 Å². The van der Waals surface area contributed by atoms with E-state index in [9.17, 15) is 0 Å². The van der Waals surface area contributed by atoms with E-state index >= 15 is 0 Å². The molecule has 0 saturated heterocycles. The van der Waals surface area contributed by atoms with Crippen molar-refractivity contribution < 1.29 is 49.0 Å². The summed E-state index contributed by atoms with van der Waals surface area (Å²) in [4.78, 5) is 0. The molecule has 0 bridgehead atoms. The quantitative estimate of drug-likeness (QED) is 0.177. The van der Waals surface area contributed by atoms with Gasteiger partial charge in [-0.1, -0.05) is 76.3 Å². The Morgan fingerprint density at radius 1 is 0.596 bits per heavy atom. The molecular weight excluding hydrogens is 751 g/mol. The average Bonchev–Trinajstić information content (AvgIpc) is 3.80. The van der Waals surface area contributed by atoms with Gasteiger partial charge in [-0.15, -0.1) is 5.56 Å². The van der Waals surface area contributed by atoms with Crippen molar-refractivity contribution in [2.75, 3.05) is 0 Å². The van der Waals surface area contributed by atoms with Crippen molar-refractivity contribution in [2.24, 2.45) is 0 Å². The molecule has 0 N–H and O–H groups in total. The van der Waals surface area contributed by atoms with Gasteiger partial charge in [-0.2, -0.15) is 47.5 Å². The van der Waals surface area contributed by atoms with Gasteiger partial charge in [-0.25, -0.2) is 12.1 Å². The zero-order valence-electron chi connectivity index (χ0n) is 31.2. The first-order valence-electron chi connectivity index (χ1n) is 17.8. The number of hydrogen-bond donors (Lipinski definition) is 0. The zero-order chi connectivity index (χ0) is 35.3. The number of halogens is 2. The molecule has 1 aliphatic rings. The second kappa shape index (κ2) is 18.0. The van der Waals surface area contributed by atoms with Crippen LogP contribution in [0.2, 0.25) is 0 Å². The van der Waals surface area contributed by atoms with Crippen LogP contribution in [0.5, 0.6) is 0 Å². The summed E-state index contributed by atoms with van der Waals surface area (Å²) in [6.07, 6.45) is 3.17. The molecule has 52 heavy (non-hydrogen) atoms. The fraction of sp³-hybridized carbons (Fsp3) is 0.224. The molecular formula is C49H48Cl2Zr-2. The Kier molecular flexibility index (Phi) is 14.3. The van der Waals surface area contributed by atoms with Crippen molar-refractivity contribution in [3.05, 3.63) is 185 Å². The van der Waals surface area contributed by atoms with Crippen LogP contribution in [0.1, 0.15) is 74.9 Å². The Bertz CT molecular complexity index is 2060. The van der Waals surface area contributed by atoms with Gasteiger partial charge in [0.15, 0.2) is 0 Å². The van der Waals surface area contributed by atoms with E-state index < -0.39 is 0 Å². The van der Waals surface area contributed by atoms with Gasteiger partial charge in [0.25, 0.3) is 0 Å². The van der Waals surface area contributed by atoms with E-state index in [-0.39, 0.29) is 35.6 Å². The first-order chi connectivity index (χ1) is 24.0. The number of benzene rings is 6. The van der Waals surface area contributed by atoms with Gasteiger partial charge in [0.2, 0.25) is 0 Å². The van der Waals surface area contributed by atoms with Gasteiger partial charge in [-0.3, -0.25) is 0 Å². The monoisotopic (exact) mass is 796 g/mol. The van der Waals surface area contributed by atoms with E-state index in [2.05, 4.69) is 163 Å². The Hall–Kier alpha value is -3.48.